The number of carbonyl (C=O) groups is 1. The van der Waals surface area contributed by atoms with Gasteiger partial charge in [-0.25, -0.2) is 0 Å². The van der Waals surface area contributed by atoms with Crippen molar-refractivity contribution in [3.63, 3.8) is 0 Å². The maximum atomic E-state index is 13.6. The molecule has 0 saturated carbocycles. The Morgan fingerprint density at radius 3 is 2.44 bits per heavy atom. The van der Waals surface area contributed by atoms with Gasteiger partial charge in [0.2, 0.25) is 11.7 Å². The minimum absolute atomic E-state index is 0.00130. The quantitative estimate of drug-likeness (QED) is 0.458. The van der Waals surface area contributed by atoms with Gasteiger partial charge < -0.3 is 9.47 Å². The Bertz CT molecular complexity index is 1380. The first kappa shape index (κ1) is 22.1. The van der Waals surface area contributed by atoms with Crippen LogP contribution in [0.15, 0.2) is 65.5 Å². The number of hydrogen-bond acceptors (Lipinski definition) is 4. The Morgan fingerprint density at radius 2 is 1.74 bits per heavy atom. The number of rotatable bonds is 5. The molecule has 2 aromatic heterocycles. The van der Waals surface area contributed by atoms with Crippen LogP contribution in [-0.2, 0) is 17.8 Å². The number of likely N-dealkylation sites (tertiary alicyclic amines) is 1. The fraction of sp³-hybridized carbons (Fsp3) is 0.333. The summed E-state index contributed by atoms with van der Waals surface area (Å²) >= 11 is 0. The summed E-state index contributed by atoms with van der Waals surface area (Å²) in [6.07, 6.45) is 3.22. The second-order valence-corrected chi connectivity index (χ2v) is 9.06. The first-order valence-corrected chi connectivity index (χ1v) is 11.9. The summed E-state index contributed by atoms with van der Waals surface area (Å²) < 4.78 is 3.36. The van der Waals surface area contributed by atoms with Gasteiger partial charge in [0, 0.05) is 29.4 Å². The van der Waals surface area contributed by atoms with Crippen molar-refractivity contribution < 1.29 is 4.79 Å². The van der Waals surface area contributed by atoms with Crippen LogP contribution in [0, 0.1) is 6.92 Å². The van der Waals surface area contributed by atoms with Crippen LogP contribution in [-0.4, -0.2) is 42.6 Å². The zero-order chi connectivity index (χ0) is 23.7. The largest absolute Gasteiger partial charge is 0.340 e. The van der Waals surface area contributed by atoms with Gasteiger partial charge in [0.15, 0.2) is 5.82 Å². The molecule has 34 heavy (non-hydrogen) atoms. The van der Waals surface area contributed by atoms with Gasteiger partial charge in [-0.2, -0.15) is 9.50 Å². The Balaban J connectivity index is 1.63. The summed E-state index contributed by atoms with van der Waals surface area (Å²) in [5, 5.41) is 4.57. The van der Waals surface area contributed by atoms with Crippen LogP contribution in [0.1, 0.15) is 43.0 Å². The van der Waals surface area contributed by atoms with E-state index >= 15 is 0 Å². The fourth-order valence-corrected chi connectivity index (χ4v) is 4.80. The second-order valence-electron chi connectivity index (χ2n) is 9.06. The maximum absolute atomic E-state index is 13.6. The summed E-state index contributed by atoms with van der Waals surface area (Å²) in [5.74, 6) is 0.973. The number of hydrogen-bond donors (Lipinski definition) is 0. The second kappa shape index (κ2) is 9.25. The number of carbonyl (C=O) groups excluding carboxylic acids is 1. The van der Waals surface area contributed by atoms with Crippen molar-refractivity contribution in [3.8, 4) is 11.4 Å². The molecule has 7 nitrogen and oxygen atoms in total. The maximum Gasteiger partial charge on any atom is 0.279 e. The van der Waals surface area contributed by atoms with Gasteiger partial charge in [0.1, 0.15) is 0 Å². The predicted octanol–water partition coefficient (Wildman–Crippen LogP) is 3.86. The fourth-order valence-electron chi connectivity index (χ4n) is 4.80. The normalized spacial score (nSPS) is 16.2. The number of amides is 1. The molecular weight excluding hydrogens is 426 g/mol. The third kappa shape index (κ3) is 4.14. The van der Waals surface area contributed by atoms with E-state index in [2.05, 4.69) is 12.0 Å². The minimum Gasteiger partial charge on any atom is -0.340 e. The van der Waals surface area contributed by atoms with Crippen LogP contribution >= 0.6 is 0 Å². The molecule has 5 rings (SSSR count). The van der Waals surface area contributed by atoms with Gasteiger partial charge in [0.25, 0.3) is 5.56 Å². The van der Waals surface area contributed by atoms with Crippen LogP contribution in [0.25, 0.3) is 17.2 Å². The number of piperidine rings is 1. The van der Waals surface area contributed by atoms with E-state index < -0.39 is 0 Å². The molecule has 1 aliphatic rings. The lowest BCUT2D eigenvalue weighted by Gasteiger charge is -2.33. The van der Waals surface area contributed by atoms with Crippen molar-refractivity contribution in [3.05, 3.63) is 87.8 Å². The molecular formula is C27H29N5O2. The molecule has 3 heterocycles. The lowest BCUT2D eigenvalue weighted by atomic mass is 10.0. The Labute approximate surface area is 198 Å². The van der Waals surface area contributed by atoms with Gasteiger partial charge in [-0.15, -0.1) is 5.10 Å². The highest BCUT2D eigenvalue weighted by molar-refractivity contribution is 5.79. The average molecular weight is 456 g/mol. The average Bonchev–Trinajstić information content (AvgIpc) is 3.31. The lowest BCUT2D eigenvalue weighted by Crippen LogP contribution is -2.43. The Morgan fingerprint density at radius 1 is 1.03 bits per heavy atom. The summed E-state index contributed by atoms with van der Waals surface area (Å²) in [6.45, 7) is 5.28. The Hall–Kier alpha value is -3.74. The van der Waals surface area contributed by atoms with Crippen LogP contribution in [0.2, 0.25) is 0 Å². The van der Waals surface area contributed by atoms with E-state index in [4.69, 9.17) is 4.98 Å². The van der Waals surface area contributed by atoms with Gasteiger partial charge >= 0.3 is 0 Å². The van der Waals surface area contributed by atoms with Crippen molar-refractivity contribution >= 4 is 11.7 Å². The van der Waals surface area contributed by atoms with Crippen LogP contribution < -0.4 is 5.56 Å². The van der Waals surface area contributed by atoms with E-state index in [0.29, 0.717) is 23.7 Å². The van der Waals surface area contributed by atoms with Crippen LogP contribution in [0.4, 0.5) is 0 Å². The van der Waals surface area contributed by atoms with Crippen LogP contribution in [0.5, 0.6) is 0 Å². The van der Waals surface area contributed by atoms with E-state index in [1.165, 1.54) is 4.52 Å². The smallest absolute Gasteiger partial charge is 0.279 e. The molecule has 0 bridgehead atoms. The highest BCUT2D eigenvalue weighted by Gasteiger charge is 2.26. The molecule has 1 amide bonds. The van der Waals surface area contributed by atoms with Crippen molar-refractivity contribution in [2.75, 3.05) is 6.54 Å². The van der Waals surface area contributed by atoms with Gasteiger partial charge in [0.05, 0.1) is 13.0 Å². The third-order valence-electron chi connectivity index (χ3n) is 6.79. The number of aromatic nitrogens is 4. The third-order valence-corrected chi connectivity index (χ3v) is 6.79. The summed E-state index contributed by atoms with van der Waals surface area (Å²) in [5.41, 5.74) is 2.89. The molecule has 1 atom stereocenters. The van der Waals surface area contributed by atoms with E-state index in [0.717, 1.165) is 42.6 Å². The molecule has 4 aromatic rings. The zero-order valence-corrected chi connectivity index (χ0v) is 19.6. The Kier molecular flexibility index (Phi) is 6.01. The molecule has 0 spiro atoms. The molecule has 0 N–H and O–H groups in total. The standard InChI is InChI=1S/C27H29N5O2/c1-19-11-9-10-16-30(19)24(33)17-23-20(2)31(18-21-12-5-3-6-13-21)27-28-25(29-32(27)26(23)34)22-14-7-4-8-15-22/h3-8,12-15,19H,9-11,16-18H2,1-2H3/t19-/m0/s1. The zero-order valence-electron chi connectivity index (χ0n) is 19.6. The van der Waals surface area contributed by atoms with E-state index in [-0.39, 0.29) is 23.9 Å². The summed E-state index contributed by atoms with van der Waals surface area (Å²) in [6, 6.07) is 19.9. The lowest BCUT2D eigenvalue weighted by molar-refractivity contribution is -0.133. The number of benzene rings is 2. The van der Waals surface area contributed by atoms with Crippen LogP contribution in [0.3, 0.4) is 0 Å². The van der Waals surface area contributed by atoms with Gasteiger partial charge in [-0.3, -0.25) is 9.59 Å². The molecule has 0 radical (unpaired) electrons. The van der Waals surface area contributed by atoms with E-state index in [9.17, 15) is 9.59 Å². The van der Waals surface area contributed by atoms with E-state index in [1.54, 1.807) is 0 Å². The molecule has 174 valence electrons. The van der Waals surface area contributed by atoms with Crippen molar-refractivity contribution in [1.29, 1.82) is 0 Å². The molecule has 7 heteroatoms. The predicted molar refractivity (Wildman–Crippen MR) is 132 cm³/mol. The van der Waals surface area contributed by atoms with Crippen molar-refractivity contribution in [2.45, 2.75) is 52.1 Å². The monoisotopic (exact) mass is 455 g/mol. The molecule has 1 aliphatic heterocycles. The van der Waals surface area contributed by atoms with Crippen molar-refractivity contribution in [1.82, 2.24) is 24.1 Å². The highest BCUT2D eigenvalue weighted by atomic mass is 16.2. The molecule has 0 unspecified atom stereocenters. The summed E-state index contributed by atoms with van der Waals surface area (Å²) in [7, 11) is 0. The van der Waals surface area contributed by atoms with Gasteiger partial charge in [-0.05, 0) is 38.7 Å². The molecule has 1 saturated heterocycles. The number of fused-ring (bicyclic) bond motifs is 1. The molecule has 2 aromatic carbocycles. The first-order chi connectivity index (χ1) is 16.5. The SMILES string of the molecule is Cc1c(CC(=O)N2CCCC[C@@H]2C)c(=O)n2nc(-c3ccccc3)nc2n1Cc1ccccc1. The number of nitrogens with zero attached hydrogens (tertiary/aromatic N) is 5. The summed E-state index contributed by atoms with van der Waals surface area (Å²) in [4.78, 5) is 33.5. The molecule has 1 fully saturated rings. The minimum atomic E-state index is -0.274. The molecule has 0 aliphatic carbocycles. The highest BCUT2D eigenvalue weighted by Crippen LogP contribution is 2.20. The van der Waals surface area contributed by atoms with E-state index in [1.807, 2.05) is 77.1 Å². The van der Waals surface area contributed by atoms with Gasteiger partial charge in [-0.1, -0.05) is 60.7 Å². The topological polar surface area (TPSA) is 72.5 Å². The van der Waals surface area contributed by atoms with Crippen molar-refractivity contribution in [2.24, 2.45) is 0 Å². The first-order valence-electron chi connectivity index (χ1n) is 11.9.